The Balaban J connectivity index is 2.22. The summed E-state index contributed by atoms with van der Waals surface area (Å²) in [6, 6.07) is 9.73. The summed E-state index contributed by atoms with van der Waals surface area (Å²) in [7, 11) is 2.10. The first-order chi connectivity index (χ1) is 8.57. The number of nitrogens with one attached hydrogen (secondary N) is 1. The van der Waals surface area contributed by atoms with Crippen LogP contribution >= 0.6 is 0 Å². The van der Waals surface area contributed by atoms with Crippen LogP contribution in [0.1, 0.15) is 69.5 Å². The second-order valence-electron chi connectivity index (χ2n) is 6.40. The third kappa shape index (κ3) is 2.61. The maximum Gasteiger partial charge on any atom is 0.0372 e. The summed E-state index contributed by atoms with van der Waals surface area (Å²) < 4.78 is 0. The van der Waals surface area contributed by atoms with Gasteiger partial charge >= 0.3 is 0 Å². The third-order valence-corrected chi connectivity index (χ3v) is 4.67. The Morgan fingerprint density at radius 1 is 1.00 bits per heavy atom. The van der Waals surface area contributed by atoms with Crippen molar-refractivity contribution in [2.75, 3.05) is 7.05 Å². The van der Waals surface area contributed by atoms with Crippen LogP contribution in [0.4, 0.5) is 0 Å². The molecule has 1 unspecified atom stereocenters. The fourth-order valence-corrected chi connectivity index (χ4v) is 3.46. The summed E-state index contributed by atoms with van der Waals surface area (Å²) in [6.45, 7) is 6.95. The van der Waals surface area contributed by atoms with Gasteiger partial charge in [-0.3, -0.25) is 0 Å². The van der Waals surface area contributed by atoms with E-state index in [0.29, 0.717) is 17.4 Å². The normalized spacial score (nSPS) is 20.3. The molecule has 1 atom stereocenters. The molecule has 1 fully saturated rings. The van der Waals surface area contributed by atoms with Crippen molar-refractivity contribution < 1.29 is 0 Å². The van der Waals surface area contributed by atoms with Crippen LogP contribution in [0.2, 0.25) is 0 Å². The van der Waals surface area contributed by atoms with Crippen LogP contribution in [0, 0.1) is 5.41 Å². The summed E-state index contributed by atoms with van der Waals surface area (Å²) in [5.74, 6) is 0.620. The number of rotatable bonds is 4. The Kier molecular flexibility index (Phi) is 4.11. The average Bonchev–Trinajstić information content (AvgIpc) is 2.78. The van der Waals surface area contributed by atoms with Gasteiger partial charge in [0.25, 0.3) is 0 Å². The zero-order chi connectivity index (χ0) is 13.2. The van der Waals surface area contributed by atoms with Gasteiger partial charge in [0, 0.05) is 6.04 Å². The predicted molar refractivity (Wildman–Crippen MR) is 78.9 cm³/mol. The number of hydrogen-bond acceptors (Lipinski definition) is 1. The lowest BCUT2D eigenvalue weighted by Crippen LogP contribution is -2.32. The Morgan fingerprint density at radius 2 is 1.50 bits per heavy atom. The monoisotopic (exact) mass is 245 g/mol. The van der Waals surface area contributed by atoms with E-state index in [4.69, 9.17) is 0 Å². The van der Waals surface area contributed by atoms with Gasteiger partial charge in [-0.05, 0) is 42.3 Å². The molecule has 1 saturated carbocycles. The highest BCUT2D eigenvalue weighted by molar-refractivity contribution is 5.28. The van der Waals surface area contributed by atoms with Crippen molar-refractivity contribution in [3.8, 4) is 0 Å². The van der Waals surface area contributed by atoms with Crippen molar-refractivity contribution in [1.82, 2.24) is 5.32 Å². The molecule has 1 N–H and O–H groups in total. The first-order valence-electron chi connectivity index (χ1n) is 7.34. The summed E-state index contributed by atoms with van der Waals surface area (Å²) in [6.07, 6.45) is 5.48. The topological polar surface area (TPSA) is 12.0 Å². The minimum absolute atomic E-state index is 0.439. The minimum atomic E-state index is 0.439. The SMILES string of the molecule is CNC(c1ccc(C(C)C)cc1)C1(C)CCCC1. The molecule has 0 bridgehead atoms. The molecule has 1 nitrogen and oxygen atoms in total. The van der Waals surface area contributed by atoms with Gasteiger partial charge in [-0.1, -0.05) is 57.9 Å². The predicted octanol–water partition coefficient (Wildman–Crippen LogP) is 4.65. The van der Waals surface area contributed by atoms with Crippen molar-refractivity contribution >= 4 is 0 Å². The number of benzene rings is 1. The van der Waals surface area contributed by atoms with E-state index in [1.54, 1.807) is 0 Å². The molecule has 0 saturated heterocycles. The molecule has 1 heteroatoms. The van der Waals surface area contributed by atoms with Crippen molar-refractivity contribution in [3.63, 3.8) is 0 Å². The van der Waals surface area contributed by atoms with Crippen LogP contribution < -0.4 is 5.32 Å². The van der Waals surface area contributed by atoms with Gasteiger partial charge in [0.1, 0.15) is 0 Å². The van der Waals surface area contributed by atoms with Gasteiger partial charge in [-0.15, -0.1) is 0 Å². The molecule has 0 heterocycles. The fraction of sp³-hybridized carbons (Fsp3) is 0.647. The van der Waals surface area contributed by atoms with Crippen LogP contribution in [0.25, 0.3) is 0 Å². The van der Waals surface area contributed by atoms with E-state index in [0.717, 1.165) is 0 Å². The quantitative estimate of drug-likeness (QED) is 0.814. The molecule has 100 valence electrons. The molecule has 0 aromatic heterocycles. The van der Waals surface area contributed by atoms with E-state index >= 15 is 0 Å². The lowest BCUT2D eigenvalue weighted by molar-refractivity contribution is 0.234. The Hall–Kier alpha value is -0.820. The third-order valence-electron chi connectivity index (χ3n) is 4.67. The highest BCUT2D eigenvalue weighted by Crippen LogP contribution is 2.47. The molecule has 2 rings (SSSR count). The lowest BCUT2D eigenvalue weighted by Gasteiger charge is -2.34. The van der Waals surface area contributed by atoms with Gasteiger partial charge in [0.2, 0.25) is 0 Å². The Bertz CT molecular complexity index is 371. The van der Waals surface area contributed by atoms with Gasteiger partial charge in [0.15, 0.2) is 0 Å². The minimum Gasteiger partial charge on any atom is -0.313 e. The maximum atomic E-state index is 3.55. The van der Waals surface area contributed by atoms with Crippen molar-refractivity contribution in [2.24, 2.45) is 5.41 Å². The second kappa shape index (κ2) is 5.44. The zero-order valence-electron chi connectivity index (χ0n) is 12.3. The van der Waals surface area contributed by atoms with Crippen LogP contribution in [-0.4, -0.2) is 7.05 Å². The van der Waals surface area contributed by atoms with E-state index in [1.165, 1.54) is 36.8 Å². The Labute approximate surface area is 112 Å². The molecule has 0 spiro atoms. The van der Waals surface area contributed by atoms with E-state index < -0.39 is 0 Å². The standard InChI is InChI=1S/C17H27N/c1-13(2)14-7-9-15(10-8-14)16(18-4)17(3)11-5-6-12-17/h7-10,13,16,18H,5-6,11-12H2,1-4H3. The molecule has 1 aromatic rings. The van der Waals surface area contributed by atoms with Gasteiger partial charge < -0.3 is 5.32 Å². The molecule has 18 heavy (non-hydrogen) atoms. The molecule has 1 aliphatic carbocycles. The summed E-state index contributed by atoms with van der Waals surface area (Å²) in [4.78, 5) is 0. The lowest BCUT2D eigenvalue weighted by atomic mass is 9.77. The van der Waals surface area contributed by atoms with Crippen LogP contribution in [-0.2, 0) is 0 Å². The van der Waals surface area contributed by atoms with Crippen LogP contribution in [0.3, 0.4) is 0 Å². The van der Waals surface area contributed by atoms with Crippen molar-refractivity contribution in [1.29, 1.82) is 0 Å². The summed E-state index contributed by atoms with van der Waals surface area (Å²) >= 11 is 0. The van der Waals surface area contributed by atoms with Gasteiger partial charge in [0.05, 0.1) is 0 Å². The van der Waals surface area contributed by atoms with E-state index in [1.807, 2.05) is 0 Å². The molecule has 1 aromatic carbocycles. The van der Waals surface area contributed by atoms with Crippen LogP contribution in [0.5, 0.6) is 0 Å². The van der Waals surface area contributed by atoms with Crippen LogP contribution in [0.15, 0.2) is 24.3 Å². The molecular weight excluding hydrogens is 218 g/mol. The highest BCUT2D eigenvalue weighted by Gasteiger charge is 2.36. The smallest absolute Gasteiger partial charge is 0.0372 e. The van der Waals surface area contributed by atoms with Crippen molar-refractivity contribution in [3.05, 3.63) is 35.4 Å². The Morgan fingerprint density at radius 3 is 1.94 bits per heavy atom. The van der Waals surface area contributed by atoms with Gasteiger partial charge in [-0.25, -0.2) is 0 Å². The molecular formula is C17H27N. The maximum absolute atomic E-state index is 3.55. The molecule has 0 radical (unpaired) electrons. The van der Waals surface area contributed by atoms with E-state index in [9.17, 15) is 0 Å². The summed E-state index contributed by atoms with van der Waals surface area (Å²) in [5, 5.41) is 3.55. The van der Waals surface area contributed by atoms with Gasteiger partial charge in [-0.2, -0.15) is 0 Å². The fourth-order valence-electron chi connectivity index (χ4n) is 3.46. The summed E-state index contributed by atoms with van der Waals surface area (Å²) in [5.41, 5.74) is 3.32. The first kappa shape index (κ1) is 13.6. The molecule has 0 aliphatic heterocycles. The average molecular weight is 245 g/mol. The van der Waals surface area contributed by atoms with Crippen molar-refractivity contribution in [2.45, 2.75) is 58.4 Å². The molecule has 1 aliphatic rings. The van der Waals surface area contributed by atoms with E-state index in [-0.39, 0.29) is 0 Å². The highest BCUT2D eigenvalue weighted by atomic mass is 14.9. The zero-order valence-corrected chi connectivity index (χ0v) is 12.3. The molecule has 0 amide bonds. The largest absolute Gasteiger partial charge is 0.313 e. The first-order valence-corrected chi connectivity index (χ1v) is 7.34. The second-order valence-corrected chi connectivity index (χ2v) is 6.40. The number of hydrogen-bond donors (Lipinski definition) is 1. The van der Waals surface area contributed by atoms with E-state index in [2.05, 4.69) is 57.4 Å².